The molecule has 0 N–H and O–H groups in total. The van der Waals surface area contributed by atoms with Crippen LogP contribution in [0.4, 0.5) is 8.78 Å². The predicted molar refractivity (Wildman–Crippen MR) is 66.5 cm³/mol. The Bertz CT molecular complexity index is 673. The number of halogens is 2. The summed E-state index contributed by atoms with van der Waals surface area (Å²) in [5, 5.41) is 13.1. The van der Waals surface area contributed by atoms with Gasteiger partial charge >= 0.3 is 0 Å². The van der Waals surface area contributed by atoms with Gasteiger partial charge in [-0.25, -0.2) is 8.78 Å². The normalized spacial score (nSPS) is 10.7. The van der Waals surface area contributed by atoms with Gasteiger partial charge in [0, 0.05) is 24.4 Å². The minimum absolute atomic E-state index is 0.112. The van der Waals surface area contributed by atoms with Crippen molar-refractivity contribution < 1.29 is 8.78 Å². The minimum atomic E-state index is -2.73. The summed E-state index contributed by atoms with van der Waals surface area (Å²) in [6, 6.07) is 3.11. The lowest BCUT2D eigenvalue weighted by Gasteiger charge is -2.14. The van der Waals surface area contributed by atoms with Crippen molar-refractivity contribution in [2.45, 2.75) is 18.4 Å². The maximum atomic E-state index is 12.8. The number of nitriles is 1. The van der Waals surface area contributed by atoms with Crippen molar-refractivity contribution in [2.24, 2.45) is 7.05 Å². The van der Waals surface area contributed by atoms with E-state index in [9.17, 15) is 8.78 Å². The molecule has 0 aliphatic heterocycles. The number of nitrogens with zero attached hydrogens (tertiary/aromatic N) is 4. The van der Waals surface area contributed by atoms with E-state index in [1.54, 1.807) is 24.9 Å². The van der Waals surface area contributed by atoms with Crippen molar-refractivity contribution in [3.05, 3.63) is 29.2 Å². The van der Waals surface area contributed by atoms with Crippen LogP contribution in [0.25, 0.3) is 11.1 Å². The van der Waals surface area contributed by atoms with Gasteiger partial charge < -0.3 is 12.6 Å². The van der Waals surface area contributed by atoms with Crippen LogP contribution in [0.1, 0.15) is 23.4 Å². The Morgan fingerprint density at radius 3 is 2.58 bits per heavy atom. The second-order valence-corrected chi connectivity index (χ2v) is 4.38. The zero-order chi connectivity index (χ0) is 14.2. The average Bonchev–Trinajstić information content (AvgIpc) is 2.67. The minimum Gasteiger partial charge on any atom is -0.759 e. The van der Waals surface area contributed by atoms with E-state index in [2.05, 4.69) is 10.1 Å². The standard InChI is InChI=1S/C12H10F2N4S/c1-6-9(5-18(2)17-6)7-3-10(11(13)14)16-12(19)8(7)4-15/h3,5,11H,1-2H3,(H,16,19)/p-1. The molecule has 0 radical (unpaired) electrons. The molecule has 0 saturated heterocycles. The molecular formula is C12H9F2N4S-. The van der Waals surface area contributed by atoms with E-state index in [1.165, 1.54) is 6.07 Å². The van der Waals surface area contributed by atoms with E-state index in [-0.39, 0.29) is 10.6 Å². The second-order valence-electron chi connectivity index (χ2n) is 3.99. The highest BCUT2D eigenvalue weighted by Crippen LogP contribution is 2.30. The first-order valence-corrected chi connectivity index (χ1v) is 5.75. The summed E-state index contributed by atoms with van der Waals surface area (Å²) in [6.07, 6.45) is -1.07. The van der Waals surface area contributed by atoms with E-state index < -0.39 is 12.1 Å². The van der Waals surface area contributed by atoms with Crippen LogP contribution in [0.3, 0.4) is 0 Å². The number of hydrogen-bond donors (Lipinski definition) is 0. The van der Waals surface area contributed by atoms with Gasteiger partial charge in [0.25, 0.3) is 6.43 Å². The van der Waals surface area contributed by atoms with E-state index >= 15 is 0 Å². The Morgan fingerprint density at radius 1 is 1.42 bits per heavy atom. The number of aromatic nitrogens is 3. The Kier molecular flexibility index (Phi) is 3.44. The summed E-state index contributed by atoms with van der Waals surface area (Å²) in [5.41, 5.74) is 1.29. The first kappa shape index (κ1) is 13.4. The number of aryl methyl sites for hydroxylation is 2. The van der Waals surface area contributed by atoms with Crippen LogP contribution in [0.15, 0.2) is 17.3 Å². The molecule has 0 saturated carbocycles. The quantitative estimate of drug-likeness (QED) is 0.793. The van der Waals surface area contributed by atoms with Gasteiger partial charge in [-0.3, -0.25) is 9.67 Å². The van der Waals surface area contributed by atoms with Crippen molar-refractivity contribution in [3.8, 4) is 17.2 Å². The fourth-order valence-electron chi connectivity index (χ4n) is 1.84. The summed E-state index contributed by atoms with van der Waals surface area (Å²) in [7, 11) is 1.71. The fraction of sp³-hybridized carbons (Fsp3) is 0.250. The zero-order valence-corrected chi connectivity index (χ0v) is 11.0. The monoisotopic (exact) mass is 279 g/mol. The molecule has 7 heteroatoms. The Morgan fingerprint density at radius 2 is 2.11 bits per heavy atom. The molecule has 2 rings (SSSR count). The highest BCUT2D eigenvalue weighted by Gasteiger charge is 2.17. The van der Waals surface area contributed by atoms with Crippen LogP contribution in [0.2, 0.25) is 0 Å². The number of hydrogen-bond acceptors (Lipinski definition) is 4. The van der Waals surface area contributed by atoms with Crippen molar-refractivity contribution in [1.29, 1.82) is 5.26 Å². The predicted octanol–water partition coefficient (Wildman–Crippen LogP) is 2.51. The molecule has 0 unspecified atom stereocenters. The Hall–Kier alpha value is -2.07. The topological polar surface area (TPSA) is 54.5 Å². The van der Waals surface area contributed by atoms with Crippen molar-refractivity contribution in [1.82, 2.24) is 14.8 Å². The van der Waals surface area contributed by atoms with Crippen LogP contribution in [0, 0.1) is 18.3 Å². The van der Waals surface area contributed by atoms with Gasteiger partial charge in [0.05, 0.1) is 17.3 Å². The van der Waals surface area contributed by atoms with Crippen LogP contribution in [-0.4, -0.2) is 14.8 Å². The molecule has 2 aromatic heterocycles. The summed E-state index contributed by atoms with van der Waals surface area (Å²) in [5.74, 6) is 0. The third-order valence-corrected chi connectivity index (χ3v) is 2.94. The molecule has 0 fully saturated rings. The molecule has 19 heavy (non-hydrogen) atoms. The average molecular weight is 279 g/mol. The summed E-state index contributed by atoms with van der Waals surface area (Å²) in [6.45, 7) is 1.74. The zero-order valence-electron chi connectivity index (χ0n) is 10.2. The number of pyridine rings is 1. The molecule has 0 spiro atoms. The summed E-state index contributed by atoms with van der Waals surface area (Å²) >= 11 is 4.90. The van der Waals surface area contributed by atoms with Gasteiger partial charge in [-0.2, -0.15) is 10.4 Å². The smallest absolute Gasteiger partial charge is 0.280 e. The van der Waals surface area contributed by atoms with Crippen LogP contribution in [0.5, 0.6) is 0 Å². The summed E-state index contributed by atoms with van der Waals surface area (Å²) < 4.78 is 27.1. The molecular weight excluding hydrogens is 270 g/mol. The Labute approximate surface area is 114 Å². The third kappa shape index (κ3) is 2.39. The molecule has 0 aromatic carbocycles. The lowest BCUT2D eigenvalue weighted by atomic mass is 10.0. The molecule has 98 valence electrons. The van der Waals surface area contributed by atoms with Gasteiger partial charge in [0.15, 0.2) is 0 Å². The molecule has 2 heterocycles. The molecule has 2 aromatic rings. The Balaban J connectivity index is 2.74. The number of alkyl halides is 2. The highest BCUT2D eigenvalue weighted by molar-refractivity contribution is 7.58. The van der Waals surface area contributed by atoms with E-state index in [0.717, 1.165) is 0 Å². The lowest BCUT2D eigenvalue weighted by Crippen LogP contribution is -1.99. The van der Waals surface area contributed by atoms with Crippen molar-refractivity contribution in [3.63, 3.8) is 0 Å². The van der Waals surface area contributed by atoms with Crippen LogP contribution < -0.4 is 0 Å². The SMILES string of the molecule is Cc1nn(C)cc1-c1cc(C(F)F)nc([S-])c1C#N. The lowest BCUT2D eigenvalue weighted by molar-refractivity contribution is 0.145. The molecule has 0 bridgehead atoms. The second kappa shape index (κ2) is 4.90. The van der Waals surface area contributed by atoms with Crippen LogP contribution in [-0.2, 0) is 19.7 Å². The molecule has 0 atom stereocenters. The molecule has 4 nitrogen and oxygen atoms in total. The maximum Gasteiger partial charge on any atom is 0.280 e. The van der Waals surface area contributed by atoms with E-state index in [0.29, 0.717) is 16.8 Å². The van der Waals surface area contributed by atoms with Gasteiger partial charge in [0.2, 0.25) is 0 Å². The largest absolute Gasteiger partial charge is 0.759 e. The first-order chi connectivity index (χ1) is 8.93. The van der Waals surface area contributed by atoms with Crippen molar-refractivity contribution >= 4 is 12.6 Å². The number of rotatable bonds is 2. The summed E-state index contributed by atoms with van der Waals surface area (Å²) in [4.78, 5) is 3.58. The van der Waals surface area contributed by atoms with Gasteiger partial charge in [0.1, 0.15) is 5.69 Å². The highest BCUT2D eigenvalue weighted by atomic mass is 32.1. The fourth-order valence-corrected chi connectivity index (χ4v) is 2.10. The first-order valence-electron chi connectivity index (χ1n) is 5.35. The maximum absolute atomic E-state index is 12.8. The van der Waals surface area contributed by atoms with Gasteiger partial charge in [-0.15, -0.1) is 0 Å². The molecule has 0 amide bonds. The molecule has 0 aliphatic carbocycles. The van der Waals surface area contributed by atoms with E-state index in [4.69, 9.17) is 17.9 Å². The van der Waals surface area contributed by atoms with Gasteiger partial charge in [-0.05, 0) is 13.0 Å². The van der Waals surface area contributed by atoms with E-state index in [1.807, 2.05) is 6.07 Å². The van der Waals surface area contributed by atoms with Crippen LogP contribution >= 0.6 is 0 Å². The van der Waals surface area contributed by atoms with Crippen molar-refractivity contribution in [2.75, 3.05) is 0 Å². The van der Waals surface area contributed by atoms with Gasteiger partial charge in [-0.1, -0.05) is 5.03 Å². The third-order valence-electron chi connectivity index (χ3n) is 2.65. The molecule has 0 aliphatic rings.